The monoisotopic (exact) mass is 447 g/mol. The molecular weight excluding hydrogens is 418 g/mol. The molecule has 2 N–H and O–H groups in total. The molecule has 31 heavy (non-hydrogen) atoms. The van der Waals surface area contributed by atoms with Crippen molar-refractivity contribution in [2.75, 3.05) is 18.0 Å². The molecule has 1 aromatic carbocycles. The fourth-order valence-corrected chi connectivity index (χ4v) is 4.13. The Bertz CT molecular complexity index is 907. The third kappa shape index (κ3) is 6.16. The van der Waals surface area contributed by atoms with Gasteiger partial charge in [0.25, 0.3) is 11.1 Å². The van der Waals surface area contributed by atoms with E-state index in [1.807, 2.05) is 52.8 Å². The SMILES string of the molecule is CC(C)Oc1cccc(C=C2SC(=O)NC2=O)c1N1CC[C@H](NC(=O)OC(C)(C)C)C1. The number of anilines is 1. The molecule has 2 heterocycles. The largest absolute Gasteiger partial charge is 0.489 e. The molecule has 2 aliphatic rings. The Balaban J connectivity index is 1.85. The lowest BCUT2D eigenvalue weighted by Crippen LogP contribution is -2.40. The predicted molar refractivity (Wildman–Crippen MR) is 121 cm³/mol. The van der Waals surface area contributed by atoms with Crippen molar-refractivity contribution in [3.63, 3.8) is 0 Å². The molecule has 1 aromatic rings. The van der Waals surface area contributed by atoms with Crippen LogP contribution in [0.3, 0.4) is 0 Å². The lowest BCUT2D eigenvalue weighted by molar-refractivity contribution is -0.115. The number of rotatable bonds is 5. The Labute approximate surface area is 186 Å². The van der Waals surface area contributed by atoms with Gasteiger partial charge in [0.05, 0.1) is 22.7 Å². The number of thioether (sulfide) groups is 1. The van der Waals surface area contributed by atoms with Crippen LogP contribution < -0.4 is 20.3 Å². The third-order valence-corrected chi connectivity index (χ3v) is 5.36. The first-order chi connectivity index (χ1) is 14.5. The van der Waals surface area contributed by atoms with Crippen LogP contribution in [0.5, 0.6) is 5.75 Å². The molecule has 0 aliphatic carbocycles. The van der Waals surface area contributed by atoms with E-state index in [1.54, 1.807) is 6.08 Å². The van der Waals surface area contributed by atoms with Crippen molar-refractivity contribution in [2.24, 2.45) is 0 Å². The molecule has 3 rings (SSSR count). The Morgan fingerprint density at radius 2 is 2.06 bits per heavy atom. The van der Waals surface area contributed by atoms with E-state index in [4.69, 9.17) is 9.47 Å². The van der Waals surface area contributed by atoms with Gasteiger partial charge in [0.15, 0.2) is 0 Å². The van der Waals surface area contributed by atoms with E-state index in [0.29, 0.717) is 23.7 Å². The van der Waals surface area contributed by atoms with Crippen LogP contribution >= 0.6 is 11.8 Å². The van der Waals surface area contributed by atoms with E-state index < -0.39 is 17.6 Å². The van der Waals surface area contributed by atoms with Gasteiger partial charge in [-0.3, -0.25) is 14.9 Å². The third-order valence-electron chi connectivity index (χ3n) is 4.55. The average molecular weight is 448 g/mol. The smallest absolute Gasteiger partial charge is 0.407 e. The van der Waals surface area contributed by atoms with Crippen LogP contribution in [0, 0.1) is 0 Å². The van der Waals surface area contributed by atoms with Crippen molar-refractivity contribution in [1.82, 2.24) is 10.6 Å². The number of hydrogen-bond acceptors (Lipinski definition) is 7. The van der Waals surface area contributed by atoms with Gasteiger partial charge >= 0.3 is 6.09 Å². The van der Waals surface area contributed by atoms with E-state index in [0.717, 1.165) is 29.4 Å². The molecule has 2 fully saturated rings. The van der Waals surface area contributed by atoms with Crippen molar-refractivity contribution >= 4 is 40.8 Å². The first-order valence-corrected chi connectivity index (χ1v) is 11.1. The van der Waals surface area contributed by atoms with Gasteiger partial charge in [-0.2, -0.15) is 0 Å². The molecule has 0 saturated carbocycles. The summed E-state index contributed by atoms with van der Waals surface area (Å²) >= 11 is 0.882. The standard InChI is InChI=1S/C22H29N3O5S/c1-13(2)29-16-8-6-7-14(11-17-19(26)24-21(28)31-17)18(16)25-10-9-15(12-25)23-20(27)30-22(3,4)5/h6-8,11,13,15H,9-10,12H2,1-5H3,(H,23,27)(H,24,26,28)/t15-/m0/s1. The molecule has 2 aliphatic heterocycles. The first-order valence-electron chi connectivity index (χ1n) is 10.3. The highest BCUT2D eigenvalue weighted by molar-refractivity contribution is 8.18. The maximum atomic E-state index is 12.2. The van der Waals surface area contributed by atoms with Crippen LogP contribution in [0.25, 0.3) is 6.08 Å². The molecule has 168 valence electrons. The number of carbonyl (C=O) groups is 3. The second kappa shape index (κ2) is 9.21. The number of para-hydroxylation sites is 1. The first kappa shape index (κ1) is 23.0. The minimum absolute atomic E-state index is 0.0364. The van der Waals surface area contributed by atoms with E-state index in [-0.39, 0.29) is 17.4 Å². The second-order valence-corrected chi connectivity index (χ2v) is 9.81. The molecule has 1 atom stereocenters. The number of nitrogens with zero attached hydrogens (tertiary/aromatic N) is 1. The molecule has 0 radical (unpaired) electrons. The fourth-order valence-electron chi connectivity index (χ4n) is 3.46. The number of nitrogens with one attached hydrogen (secondary N) is 2. The van der Waals surface area contributed by atoms with Crippen LogP contribution in [0.4, 0.5) is 15.3 Å². The van der Waals surface area contributed by atoms with Gasteiger partial charge in [0, 0.05) is 18.7 Å². The summed E-state index contributed by atoms with van der Waals surface area (Å²) < 4.78 is 11.4. The van der Waals surface area contributed by atoms with Crippen LogP contribution in [0.1, 0.15) is 46.6 Å². The van der Waals surface area contributed by atoms with Gasteiger partial charge in [0.2, 0.25) is 0 Å². The maximum Gasteiger partial charge on any atom is 0.407 e. The minimum Gasteiger partial charge on any atom is -0.489 e. The topological polar surface area (TPSA) is 97.0 Å². The number of amides is 3. The van der Waals surface area contributed by atoms with Gasteiger partial charge < -0.3 is 19.7 Å². The molecule has 0 bridgehead atoms. The summed E-state index contributed by atoms with van der Waals surface area (Å²) in [5, 5.41) is 4.83. The second-order valence-electron chi connectivity index (χ2n) is 8.79. The number of imide groups is 1. The Morgan fingerprint density at radius 3 is 2.68 bits per heavy atom. The molecule has 0 aromatic heterocycles. The zero-order chi connectivity index (χ0) is 22.8. The Hall–Kier alpha value is -2.68. The van der Waals surface area contributed by atoms with Gasteiger partial charge in [-0.15, -0.1) is 0 Å². The van der Waals surface area contributed by atoms with Crippen LogP contribution in [-0.2, 0) is 9.53 Å². The lowest BCUT2D eigenvalue weighted by Gasteiger charge is -2.26. The number of carbonyl (C=O) groups excluding carboxylic acids is 3. The van der Waals surface area contributed by atoms with Gasteiger partial charge in [-0.05, 0) is 64.9 Å². The van der Waals surface area contributed by atoms with Gasteiger partial charge in [0.1, 0.15) is 11.4 Å². The average Bonchev–Trinajstić information content (AvgIpc) is 3.19. The van der Waals surface area contributed by atoms with Gasteiger partial charge in [-0.25, -0.2) is 4.79 Å². The van der Waals surface area contributed by atoms with Crippen molar-refractivity contribution in [2.45, 2.75) is 58.8 Å². The minimum atomic E-state index is -0.559. The number of benzene rings is 1. The molecule has 9 heteroatoms. The molecule has 0 spiro atoms. The van der Waals surface area contributed by atoms with E-state index in [1.165, 1.54) is 0 Å². The quantitative estimate of drug-likeness (QED) is 0.661. The molecular formula is C22H29N3O5S. The number of alkyl carbamates (subject to hydrolysis) is 1. The molecule has 3 amide bonds. The summed E-state index contributed by atoms with van der Waals surface area (Å²) in [4.78, 5) is 38.2. The van der Waals surface area contributed by atoms with Crippen LogP contribution in [0.15, 0.2) is 23.1 Å². The van der Waals surface area contributed by atoms with E-state index >= 15 is 0 Å². The summed E-state index contributed by atoms with van der Waals surface area (Å²) in [7, 11) is 0. The van der Waals surface area contributed by atoms with Crippen molar-refractivity contribution < 1.29 is 23.9 Å². The fraction of sp³-hybridized carbons (Fsp3) is 0.500. The van der Waals surface area contributed by atoms with Crippen LogP contribution in [-0.4, -0.2) is 48.1 Å². The van der Waals surface area contributed by atoms with E-state index in [2.05, 4.69) is 15.5 Å². The highest BCUT2D eigenvalue weighted by Crippen LogP contribution is 2.38. The summed E-state index contributed by atoms with van der Waals surface area (Å²) in [6.45, 7) is 10.7. The summed E-state index contributed by atoms with van der Waals surface area (Å²) in [6, 6.07) is 5.56. The Morgan fingerprint density at radius 1 is 1.32 bits per heavy atom. The zero-order valence-electron chi connectivity index (χ0n) is 18.5. The highest BCUT2D eigenvalue weighted by Gasteiger charge is 2.30. The predicted octanol–water partition coefficient (Wildman–Crippen LogP) is 3.90. The lowest BCUT2D eigenvalue weighted by atomic mass is 10.1. The number of ether oxygens (including phenoxy) is 2. The summed E-state index contributed by atoms with van der Waals surface area (Å²) in [5.41, 5.74) is 1.06. The van der Waals surface area contributed by atoms with Gasteiger partial charge in [-0.1, -0.05) is 12.1 Å². The van der Waals surface area contributed by atoms with Crippen molar-refractivity contribution in [3.8, 4) is 5.75 Å². The van der Waals surface area contributed by atoms with Crippen molar-refractivity contribution in [1.29, 1.82) is 0 Å². The molecule has 0 unspecified atom stereocenters. The highest BCUT2D eigenvalue weighted by atomic mass is 32.2. The Kier molecular flexibility index (Phi) is 6.83. The molecule has 8 nitrogen and oxygen atoms in total. The van der Waals surface area contributed by atoms with E-state index in [9.17, 15) is 14.4 Å². The normalized spacial score (nSPS) is 20.4. The maximum absolute atomic E-state index is 12.2. The summed E-state index contributed by atoms with van der Waals surface area (Å²) in [5.74, 6) is 0.291. The van der Waals surface area contributed by atoms with Crippen molar-refractivity contribution in [3.05, 3.63) is 28.7 Å². The molecule has 2 saturated heterocycles. The zero-order valence-corrected chi connectivity index (χ0v) is 19.3. The van der Waals surface area contributed by atoms with Crippen LogP contribution in [0.2, 0.25) is 0 Å². The summed E-state index contributed by atoms with van der Waals surface area (Å²) in [6.07, 6.45) is 1.98. The number of hydrogen-bond donors (Lipinski definition) is 2.